The largest absolute Gasteiger partial charge is 0.383 e. The van der Waals surface area contributed by atoms with Crippen LogP contribution in [0.25, 0.3) is 0 Å². The van der Waals surface area contributed by atoms with Crippen LogP contribution in [-0.2, 0) is 4.74 Å². The van der Waals surface area contributed by atoms with Gasteiger partial charge in [0.05, 0.1) is 6.61 Å². The maximum atomic E-state index is 5.32. The minimum atomic E-state index is 0.427. The van der Waals surface area contributed by atoms with E-state index in [0.717, 1.165) is 13.0 Å². The molecule has 0 amide bonds. The van der Waals surface area contributed by atoms with Gasteiger partial charge in [-0.25, -0.2) is 0 Å². The van der Waals surface area contributed by atoms with E-state index in [1.54, 1.807) is 7.11 Å². The lowest BCUT2D eigenvalue weighted by Crippen LogP contribution is -2.39. The normalized spacial score (nSPS) is 14.6. The Morgan fingerprint density at radius 1 is 1.00 bits per heavy atom. The quantitative estimate of drug-likeness (QED) is 0.721. The van der Waals surface area contributed by atoms with E-state index < -0.39 is 0 Å². The van der Waals surface area contributed by atoms with Crippen molar-refractivity contribution in [3.63, 3.8) is 0 Å². The number of nitrogens with one attached hydrogen (secondary N) is 1. The second-order valence-electron chi connectivity index (χ2n) is 5.19. The van der Waals surface area contributed by atoms with Crippen LogP contribution in [0.4, 0.5) is 0 Å². The molecular weight excluding hydrogens is 234 g/mol. The molecule has 0 fully saturated rings. The molecule has 2 atom stereocenters. The van der Waals surface area contributed by atoms with E-state index in [9.17, 15) is 0 Å². The van der Waals surface area contributed by atoms with Crippen molar-refractivity contribution < 1.29 is 4.74 Å². The number of hydrogen-bond donors (Lipinski definition) is 1. The molecule has 0 heterocycles. The molecule has 0 aliphatic heterocycles. The molecule has 2 nitrogen and oxygen atoms in total. The Hall–Kier alpha value is -0.860. The van der Waals surface area contributed by atoms with Crippen molar-refractivity contribution in [3.05, 3.63) is 35.9 Å². The summed E-state index contributed by atoms with van der Waals surface area (Å²) in [7, 11) is 1.78. The second kappa shape index (κ2) is 9.11. The van der Waals surface area contributed by atoms with Gasteiger partial charge in [0.15, 0.2) is 0 Å². The predicted molar refractivity (Wildman–Crippen MR) is 82.3 cm³/mol. The first kappa shape index (κ1) is 16.2. The summed E-state index contributed by atoms with van der Waals surface area (Å²) >= 11 is 0. The third kappa shape index (κ3) is 4.96. The first-order valence-corrected chi connectivity index (χ1v) is 7.56. The zero-order valence-corrected chi connectivity index (χ0v) is 12.9. The van der Waals surface area contributed by atoms with Crippen molar-refractivity contribution in [1.29, 1.82) is 0 Å². The van der Waals surface area contributed by atoms with Crippen LogP contribution in [0.1, 0.15) is 51.6 Å². The van der Waals surface area contributed by atoms with Crippen LogP contribution in [0.5, 0.6) is 0 Å². The van der Waals surface area contributed by atoms with Crippen LogP contribution in [0.3, 0.4) is 0 Å². The summed E-state index contributed by atoms with van der Waals surface area (Å²) in [6.45, 7) is 7.55. The molecule has 1 aromatic carbocycles. The summed E-state index contributed by atoms with van der Waals surface area (Å²) in [5.74, 6) is 0.674. The van der Waals surface area contributed by atoms with Crippen molar-refractivity contribution in [1.82, 2.24) is 5.32 Å². The maximum absolute atomic E-state index is 5.32. The highest BCUT2D eigenvalue weighted by molar-refractivity contribution is 5.20. The lowest BCUT2D eigenvalue weighted by atomic mass is 9.88. The van der Waals surface area contributed by atoms with Gasteiger partial charge in [-0.15, -0.1) is 0 Å². The van der Waals surface area contributed by atoms with Crippen molar-refractivity contribution in [2.75, 3.05) is 13.7 Å². The number of methoxy groups -OCH3 is 1. The first-order chi connectivity index (χ1) is 9.26. The van der Waals surface area contributed by atoms with E-state index in [1.807, 2.05) is 0 Å². The highest BCUT2D eigenvalue weighted by atomic mass is 16.5. The molecular formula is C17H29NO. The Kier molecular flexibility index (Phi) is 7.76. The van der Waals surface area contributed by atoms with E-state index in [4.69, 9.17) is 4.74 Å². The molecule has 108 valence electrons. The van der Waals surface area contributed by atoms with Gasteiger partial charge in [0.1, 0.15) is 0 Å². The summed E-state index contributed by atoms with van der Waals surface area (Å²) in [5, 5.41) is 3.80. The van der Waals surface area contributed by atoms with Gasteiger partial charge < -0.3 is 10.1 Å². The topological polar surface area (TPSA) is 21.3 Å². The molecule has 0 bridgehead atoms. The molecule has 1 rings (SSSR count). The van der Waals surface area contributed by atoms with E-state index in [1.165, 1.54) is 18.4 Å². The molecule has 0 aromatic heterocycles. The van der Waals surface area contributed by atoms with Gasteiger partial charge in [0.25, 0.3) is 0 Å². The third-order valence-electron chi connectivity index (χ3n) is 3.95. The molecule has 0 radical (unpaired) electrons. The Balaban J connectivity index is 2.86. The zero-order chi connectivity index (χ0) is 14.1. The van der Waals surface area contributed by atoms with E-state index >= 15 is 0 Å². The van der Waals surface area contributed by atoms with Gasteiger partial charge >= 0.3 is 0 Å². The van der Waals surface area contributed by atoms with Crippen LogP contribution >= 0.6 is 0 Å². The maximum Gasteiger partial charge on any atom is 0.0615 e. The standard InChI is InChI=1S/C17H29NO/c1-5-14(6-2)17(15-11-9-8-10-12-15)18-16(7-3)13-19-4/h8-12,14,16-18H,5-7,13H2,1-4H3. The predicted octanol–water partition coefficient (Wildman–Crippen LogP) is 4.18. The third-order valence-corrected chi connectivity index (χ3v) is 3.95. The van der Waals surface area contributed by atoms with Crippen LogP contribution in [-0.4, -0.2) is 19.8 Å². The number of benzene rings is 1. The van der Waals surface area contributed by atoms with Crippen molar-refractivity contribution in [2.24, 2.45) is 5.92 Å². The number of rotatable bonds is 9. The molecule has 0 spiro atoms. The molecule has 2 heteroatoms. The highest BCUT2D eigenvalue weighted by Crippen LogP contribution is 2.28. The lowest BCUT2D eigenvalue weighted by Gasteiger charge is -2.31. The summed E-state index contributed by atoms with van der Waals surface area (Å²) in [5.41, 5.74) is 1.39. The fourth-order valence-electron chi connectivity index (χ4n) is 2.66. The average Bonchev–Trinajstić information content (AvgIpc) is 2.47. The fourth-order valence-corrected chi connectivity index (χ4v) is 2.66. The van der Waals surface area contributed by atoms with Gasteiger partial charge in [0, 0.05) is 19.2 Å². The average molecular weight is 263 g/mol. The van der Waals surface area contributed by atoms with Crippen molar-refractivity contribution >= 4 is 0 Å². The number of hydrogen-bond acceptors (Lipinski definition) is 2. The van der Waals surface area contributed by atoms with Gasteiger partial charge in [0.2, 0.25) is 0 Å². The van der Waals surface area contributed by atoms with E-state index in [2.05, 4.69) is 56.4 Å². The molecule has 2 unspecified atom stereocenters. The first-order valence-electron chi connectivity index (χ1n) is 7.56. The molecule has 0 aliphatic carbocycles. The van der Waals surface area contributed by atoms with Crippen LogP contribution in [0.15, 0.2) is 30.3 Å². The Labute approximate surface area is 118 Å². The van der Waals surface area contributed by atoms with Crippen molar-refractivity contribution in [3.8, 4) is 0 Å². The number of ether oxygens (including phenoxy) is 1. The zero-order valence-electron chi connectivity index (χ0n) is 12.9. The lowest BCUT2D eigenvalue weighted by molar-refractivity contribution is 0.150. The van der Waals surface area contributed by atoms with Gasteiger partial charge in [-0.05, 0) is 17.9 Å². The molecule has 0 aliphatic rings. The monoisotopic (exact) mass is 263 g/mol. The van der Waals surface area contributed by atoms with Crippen LogP contribution in [0.2, 0.25) is 0 Å². The molecule has 19 heavy (non-hydrogen) atoms. The minimum absolute atomic E-state index is 0.427. The molecule has 1 N–H and O–H groups in total. The van der Waals surface area contributed by atoms with Crippen LogP contribution < -0.4 is 5.32 Å². The van der Waals surface area contributed by atoms with Gasteiger partial charge in [-0.1, -0.05) is 63.9 Å². The summed E-state index contributed by atoms with van der Waals surface area (Å²) in [6.07, 6.45) is 3.50. The highest BCUT2D eigenvalue weighted by Gasteiger charge is 2.22. The Morgan fingerprint density at radius 2 is 1.63 bits per heavy atom. The summed E-state index contributed by atoms with van der Waals surface area (Å²) in [6, 6.07) is 11.7. The summed E-state index contributed by atoms with van der Waals surface area (Å²) < 4.78 is 5.32. The van der Waals surface area contributed by atoms with E-state index in [-0.39, 0.29) is 0 Å². The van der Waals surface area contributed by atoms with Gasteiger partial charge in [-0.3, -0.25) is 0 Å². The smallest absolute Gasteiger partial charge is 0.0615 e. The minimum Gasteiger partial charge on any atom is -0.383 e. The SMILES string of the molecule is CCC(COC)NC(c1ccccc1)C(CC)CC. The van der Waals surface area contributed by atoms with E-state index in [0.29, 0.717) is 18.0 Å². The van der Waals surface area contributed by atoms with Crippen LogP contribution in [0, 0.1) is 5.92 Å². The Morgan fingerprint density at radius 3 is 2.11 bits per heavy atom. The molecule has 1 aromatic rings. The molecule has 0 saturated heterocycles. The van der Waals surface area contributed by atoms with Gasteiger partial charge in [-0.2, -0.15) is 0 Å². The summed E-state index contributed by atoms with van der Waals surface area (Å²) in [4.78, 5) is 0. The second-order valence-corrected chi connectivity index (χ2v) is 5.19. The molecule has 0 saturated carbocycles. The Bertz CT molecular complexity index is 321. The fraction of sp³-hybridized carbons (Fsp3) is 0.647. The van der Waals surface area contributed by atoms with Crippen molar-refractivity contribution in [2.45, 2.75) is 52.1 Å².